The predicted molar refractivity (Wildman–Crippen MR) is 126 cm³/mol. The highest BCUT2D eigenvalue weighted by Crippen LogP contribution is 2.32. The van der Waals surface area contributed by atoms with Crippen LogP contribution < -0.4 is 4.74 Å². The number of hydrogen-bond acceptors (Lipinski definition) is 8. The van der Waals surface area contributed by atoms with Crippen molar-refractivity contribution in [3.63, 3.8) is 0 Å². The number of nitrogens with zero attached hydrogens (tertiary/aromatic N) is 5. The average molecular weight is 464 g/mol. The first-order valence-electron chi connectivity index (χ1n) is 9.42. The van der Waals surface area contributed by atoms with Gasteiger partial charge in [-0.3, -0.25) is 9.55 Å². The molecule has 0 aliphatic carbocycles. The first-order chi connectivity index (χ1) is 15.3. The van der Waals surface area contributed by atoms with Gasteiger partial charge in [0, 0.05) is 45.7 Å². The largest absolute Gasteiger partial charge is 0.497 e. The molecule has 0 aliphatic rings. The second kappa shape index (κ2) is 9.01. The van der Waals surface area contributed by atoms with Gasteiger partial charge in [-0.1, -0.05) is 11.8 Å². The minimum absolute atomic E-state index is 0.714. The molecule has 0 saturated heterocycles. The number of hydrogen-bond donors (Lipinski definition) is 0. The molecule has 31 heavy (non-hydrogen) atoms. The molecule has 154 valence electrons. The Hall–Kier alpha value is -3.01. The minimum Gasteiger partial charge on any atom is -0.497 e. The molecule has 0 N–H and O–H groups in total. The van der Waals surface area contributed by atoms with Gasteiger partial charge in [0.1, 0.15) is 10.8 Å². The summed E-state index contributed by atoms with van der Waals surface area (Å²) in [7, 11) is 1.66. The summed E-state index contributed by atoms with van der Waals surface area (Å²) < 4.78 is 7.37. The first kappa shape index (κ1) is 19.9. The Morgan fingerprint density at radius 3 is 2.55 bits per heavy atom. The zero-order valence-electron chi connectivity index (χ0n) is 16.5. The van der Waals surface area contributed by atoms with Crippen molar-refractivity contribution in [2.75, 3.05) is 7.11 Å². The number of thiophene rings is 1. The number of aromatic nitrogens is 5. The van der Waals surface area contributed by atoms with E-state index in [0.717, 1.165) is 38.7 Å². The molecule has 5 aromatic rings. The molecule has 1 aromatic carbocycles. The van der Waals surface area contributed by atoms with E-state index in [-0.39, 0.29) is 0 Å². The molecule has 0 radical (unpaired) electrons. The lowest BCUT2D eigenvalue weighted by Crippen LogP contribution is -2.00. The quantitative estimate of drug-likeness (QED) is 0.284. The Balaban J connectivity index is 1.46. The van der Waals surface area contributed by atoms with Crippen molar-refractivity contribution in [2.45, 2.75) is 10.9 Å². The molecule has 0 fully saturated rings. The topological polar surface area (TPSA) is 65.7 Å². The smallest absolute Gasteiger partial charge is 0.196 e. The molecule has 0 spiro atoms. The summed E-state index contributed by atoms with van der Waals surface area (Å²) in [5.74, 6) is 2.29. The van der Waals surface area contributed by atoms with Gasteiger partial charge in [0.15, 0.2) is 11.0 Å². The number of thiazole rings is 1. The number of pyridine rings is 1. The summed E-state index contributed by atoms with van der Waals surface area (Å²) in [6.07, 6.45) is 3.52. The van der Waals surface area contributed by atoms with E-state index in [0.29, 0.717) is 5.75 Å². The molecule has 0 saturated carbocycles. The third kappa shape index (κ3) is 4.25. The lowest BCUT2D eigenvalue weighted by Gasteiger charge is -2.11. The number of methoxy groups -OCH3 is 1. The molecular weight excluding hydrogens is 446 g/mol. The number of rotatable bonds is 7. The fourth-order valence-corrected chi connectivity index (χ4v) is 5.53. The van der Waals surface area contributed by atoms with Crippen LogP contribution >= 0.6 is 34.4 Å². The molecule has 5 rings (SSSR count). The third-order valence-corrected chi connectivity index (χ3v) is 7.16. The van der Waals surface area contributed by atoms with Crippen LogP contribution in [0.2, 0.25) is 0 Å². The summed E-state index contributed by atoms with van der Waals surface area (Å²) >= 11 is 4.97. The monoisotopic (exact) mass is 463 g/mol. The highest BCUT2D eigenvalue weighted by atomic mass is 32.2. The van der Waals surface area contributed by atoms with E-state index in [1.54, 1.807) is 53.9 Å². The van der Waals surface area contributed by atoms with Crippen LogP contribution in [0.15, 0.2) is 76.2 Å². The molecule has 0 atom stereocenters. The molecular formula is C22H17N5OS3. The molecule has 0 unspecified atom stereocenters. The maximum absolute atomic E-state index is 5.31. The number of ether oxygens (including phenoxy) is 1. The maximum Gasteiger partial charge on any atom is 0.196 e. The molecule has 4 heterocycles. The maximum atomic E-state index is 5.31. The van der Waals surface area contributed by atoms with E-state index in [9.17, 15) is 0 Å². The average Bonchev–Trinajstić information content (AvgIpc) is 3.59. The van der Waals surface area contributed by atoms with Crippen LogP contribution in [0.25, 0.3) is 27.6 Å². The van der Waals surface area contributed by atoms with Crippen molar-refractivity contribution >= 4 is 34.4 Å². The van der Waals surface area contributed by atoms with Gasteiger partial charge >= 0.3 is 0 Å². The van der Waals surface area contributed by atoms with E-state index in [2.05, 4.69) is 42.0 Å². The van der Waals surface area contributed by atoms with Crippen LogP contribution in [-0.2, 0) is 5.75 Å². The van der Waals surface area contributed by atoms with E-state index in [1.807, 2.05) is 36.4 Å². The van der Waals surface area contributed by atoms with Gasteiger partial charge in [-0.25, -0.2) is 4.98 Å². The molecule has 9 heteroatoms. The van der Waals surface area contributed by atoms with Crippen LogP contribution in [0.3, 0.4) is 0 Å². The summed E-state index contributed by atoms with van der Waals surface area (Å²) in [5.41, 5.74) is 4.13. The summed E-state index contributed by atoms with van der Waals surface area (Å²) in [4.78, 5) is 8.90. The lowest BCUT2D eigenvalue weighted by atomic mass is 10.2. The van der Waals surface area contributed by atoms with E-state index in [1.165, 1.54) is 5.56 Å². The standard InChI is InChI=1S/C22H17N5OS3/c1-28-19-4-2-18(3-5-19)27-20(15-6-9-23-10-7-15)25-26-22(27)31-14-17-13-30-21(24-17)16-8-11-29-12-16/h2-13H,14H2,1H3. The van der Waals surface area contributed by atoms with Gasteiger partial charge in [0.05, 0.1) is 12.8 Å². The molecule has 4 aromatic heterocycles. The fourth-order valence-electron chi connectivity index (χ4n) is 3.05. The van der Waals surface area contributed by atoms with Crippen molar-refractivity contribution in [2.24, 2.45) is 0 Å². The van der Waals surface area contributed by atoms with E-state index < -0.39 is 0 Å². The Morgan fingerprint density at radius 2 is 1.81 bits per heavy atom. The minimum atomic E-state index is 0.714. The van der Waals surface area contributed by atoms with Crippen LogP contribution in [-0.4, -0.2) is 31.8 Å². The van der Waals surface area contributed by atoms with E-state index in [4.69, 9.17) is 9.72 Å². The van der Waals surface area contributed by atoms with Gasteiger partial charge in [0.25, 0.3) is 0 Å². The second-order valence-corrected chi connectivity index (χ2v) is 9.10. The Kier molecular flexibility index (Phi) is 5.79. The fraction of sp³-hybridized carbons (Fsp3) is 0.0909. The van der Waals surface area contributed by atoms with Crippen LogP contribution in [0.1, 0.15) is 5.69 Å². The summed E-state index contributed by atoms with van der Waals surface area (Å²) in [6.45, 7) is 0. The van der Waals surface area contributed by atoms with Crippen LogP contribution in [0.4, 0.5) is 0 Å². The van der Waals surface area contributed by atoms with Crippen LogP contribution in [0.5, 0.6) is 5.75 Å². The van der Waals surface area contributed by atoms with Gasteiger partial charge < -0.3 is 4.74 Å². The van der Waals surface area contributed by atoms with Gasteiger partial charge in [0.2, 0.25) is 0 Å². The highest BCUT2D eigenvalue weighted by molar-refractivity contribution is 7.98. The summed E-state index contributed by atoms with van der Waals surface area (Å²) in [5, 5.41) is 17.1. The summed E-state index contributed by atoms with van der Waals surface area (Å²) in [6, 6.07) is 13.9. The zero-order valence-corrected chi connectivity index (χ0v) is 19.0. The van der Waals surface area contributed by atoms with Crippen LogP contribution in [0, 0.1) is 0 Å². The first-order valence-corrected chi connectivity index (χ1v) is 12.2. The lowest BCUT2D eigenvalue weighted by molar-refractivity contribution is 0.414. The number of benzene rings is 1. The van der Waals surface area contributed by atoms with Crippen molar-refractivity contribution in [1.29, 1.82) is 0 Å². The zero-order chi connectivity index (χ0) is 21.0. The number of thioether (sulfide) groups is 1. The third-order valence-electron chi connectivity index (χ3n) is 4.57. The van der Waals surface area contributed by atoms with E-state index >= 15 is 0 Å². The molecule has 6 nitrogen and oxygen atoms in total. The molecule has 0 bridgehead atoms. The van der Waals surface area contributed by atoms with Gasteiger partial charge in [-0.05, 0) is 47.8 Å². The van der Waals surface area contributed by atoms with Crippen molar-refractivity contribution in [3.05, 3.63) is 76.7 Å². The van der Waals surface area contributed by atoms with Gasteiger partial charge in [-0.15, -0.1) is 21.5 Å². The Bertz CT molecular complexity index is 1260. The molecule has 0 aliphatic heterocycles. The van der Waals surface area contributed by atoms with Gasteiger partial charge in [-0.2, -0.15) is 11.3 Å². The predicted octanol–water partition coefficient (Wildman–Crippen LogP) is 5.82. The highest BCUT2D eigenvalue weighted by Gasteiger charge is 2.17. The normalized spacial score (nSPS) is 11.0. The molecule has 0 amide bonds. The van der Waals surface area contributed by atoms with Crippen molar-refractivity contribution in [1.82, 2.24) is 24.7 Å². The Labute approximate surface area is 191 Å². The Morgan fingerprint density at radius 1 is 0.968 bits per heavy atom. The van der Waals surface area contributed by atoms with Crippen molar-refractivity contribution in [3.8, 4) is 33.4 Å². The second-order valence-electron chi connectivity index (χ2n) is 6.52. The van der Waals surface area contributed by atoms with Crippen molar-refractivity contribution < 1.29 is 4.74 Å². The SMILES string of the molecule is COc1ccc(-n2c(SCc3csc(-c4ccsc4)n3)nnc2-c2ccncc2)cc1.